The summed E-state index contributed by atoms with van der Waals surface area (Å²) in [6.45, 7) is 36.7. The number of likely N-dealkylation sites (N-methyl/N-ethyl adjacent to an activating group) is 1. The van der Waals surface area contributed by atoms with Crippen LogP contribution in [0.25, 0.3) is 83.9 Å². The van der Waals surface area contributed by atoms with Crippen LogP contribution in [0.4, 0.5) is 53.0 Å². The summed E-state index contributed by atoms with van der Waals surface area (Å²) in [7, 11) is 1.53. The molecular weight excluding hydrogens is 1750 g/mol. The van der Waals surface area contributed by atoms with Gasteiger partial charge in [-0.2, -0.15) is 0 Å². The Morgan fingerprint density at radius 1 is 0.455 bits per heavy atom. The predicted octanol–water partition coefficient (Wildman–Crippen LogP) is 16.2. The molecule has 0 spiro atoms. The lowest BCUT2D eigenvalue weighted by Gasteiger charge is -2.49. The number of rotatable bonds is 12. The number of nitrogen functional groups attached to an aromatic ring is 3. The number of aryl methyl sites for hydroxylation is 3. The molecule has 3 fully saturated rings. The van der Waals surface area contributed by atoms with Crippen LogP contribution in [-0.4, -0.2) is 171 Å². The minimum atomic E-state index is -0.807. The first-order valence-corrected chi connectivity index (χ1v) is 44.9. The standard InChI is InChI=1S/C33H33ClFN7O3.C33H34ClFN6O3.C33H34ClFN6O2/c1-7-25(43)40-15-24-32(44)39(6)30-29(41(24)14-18(40)5)21-13-23(35)27(20-12-19(36)8-9-22(20)34)38-31(21)42(33(30)45)28-17(4)10-11-37-26(28)16(2)3;1-6-26(42)39-16-21-10-12-44-31-30(40(21)15-19(39)5)23-14-25(35)28(22-13-20(36)7-8-24(22)34)38-32(23)41(33(31)43)29-18(4)9-11-37-27(29)17(2)3;1-6-27(42)39-16-21-8-9-22-31(40(21)15-19(39)5)24-14-26(35)29(23-13-20(36)7-10-25(23)34)38-32(24)41(33(22)43)30-18(4)11-12-37-28(30)17(2)3/h7-13,16,18,24H,1,14-15,36H2,2-6H3;6-9,11,13-14,17,19,21H,1,10,12,15-16,36H2,2-5H3;6-7,10-14,17,19,21H,1,8-9,15-16,36H2,2-5H3. The van der Waals surface area contributed by atoms with Crippen LogP contribution >= 0.6 is 34.8 Å². The zero-order chi connectivity index (χ0) is 94.7. The zero-order valence-corrected chi connectivity index (χ0v) is 77.7. The number of ether oxygens (including phenoxy) is 1. The number of carbonyl (C=O) groups excluding carboxylic acids is 4. The second-order valence-electron chi connectivity index (χ2n) is 35.4. The molecule has 15 heterocycles. The van der Waals surface area contributed by atoms with E-state index in [-0.39, 0.29) is 152 Å². The maximum Gasteiger partial charge on any atom is 0.301 e. The molecule has 6 N–H and O–H groups in total. The van der Waals surface area contributed by atoms with Gasteiger partial charge in [0.25, 0.3) is 17.0 Å². The second kappa shape index (κ2) is 36.0. The van der Waals surface area contributed by atoms with Crippen LogP contribution < -0.4 is 58.2 Å². The summed E-state index contributed by atoms with van der Waals surface area (Å²) in [5.41, 5.74) is 28.2. The Hall–Kier alpha value is -13.5. The first-order valence-electron chi connectivity index (χ1n) is 43.8. The van der Waals surface area contributed by atoms with Gasteiger partial charge in [-0.3, -0.25) is 62.2 Å². The molecule has 6 aliphatic heterocycles. The SMILES string of the molecule is C=CC(=O)N1CC2C(=O)N(C)c3c(c4cc(F)c(-c5cc(N)ccc5Cl)nc4n(-c4c(C)ccnc4C(C)C)c3=O)N2CC1C.C=CC(=O)N1CC2CCOc3c(c4cc(F)c(-c5cc(N)ccc5Cl)nc4n(-c4c(C)ccnc4C(C)C)c3=O)N2CC1C.C=CC(=O)N1CC2CCc3c(c4cc(F)c(-c5cc(N)ccc5Cl)nc4n(-c4c(C)ccnc4C(C)C)c3=O)N2CC1C. The highest BCUT2D eigenvalue weighted by Gasteiger charge is 2.48. The molecular formula is C99H101Cl3F3N19O8. The third kappa shape index (κ3) is 15.9. The number of nitrogens with two attached hydrogens (primary N) is 3. The molecule has 6 aliphatic rings. The van der Waals surface area contributed by atoms with Crippen LogP contribution in [0.2, 0.25) is 15.1 Å². The van der Waals surface area contributed by atoms with Gasteiger partial charge in [0.05, 0.1) is 85.5 Å². The topological polar surface area (TPSA) is 322 Å². The fourth-order valence-corrected chi connectivity index (χ4v) is 20.0. The van der Waals surface area contributed by atoms with Gasteiger partial charge in [0.1, 0.15) is 51.9 Å². The molecule has 18 rings (SSSR count). The molecule has 132 heavy (non-hydrogen) atoms. The summed E-state index contributed by atoms with van der Waals surface area (Å²) < 4.78 is 59.4. The molecule has 0 saturated carbocycles. The van der Waals surface area contributed by atoms with Gasteiger partial charge in [0, 0.05) is 144 Å². The number of aromatic nitrogens is 9. The number of fused-ring (bicyclic) bond motifs is 15. The van der Waals surface area contributed by atoms with Crippen molar-refractivity contribution >= 4 is 131 Å². The number of hydrogen-bond acceptors (Lipinski definition) is 20. The fraction of sp³-hybridized carbons (Fsp3) is 0.323. The largest absolute Gasteiger partial charge is 0.486 e. The highest BCUT2D eigenvalue weighted by atomic mass is 35.5. The van der Waals surface area contributed by atoms with Crippen LogP contribution in [0.5, 0.6) is 5.75 Å². The third-order valence-electron chi connectivity index (χ3n) is 25.8. The predicted molar refractivity (Wildman–Crippen MR) is 516 cm³/mol. The summed E-state index contributed by atoms with van der Waals surface area (Å²) in [4.78, 5) is 137. The van der Waals surface area contributed by atoms with Crippen LogP contribution in [-0.2, 0) is 25.6 Å². The van der Waals surface area contributed by atoms with Crippen molar-refractivity contribution in [3.05, 3.63) is 250 Å². The number of amides is 4. The summed E-state index contributed by atoms with van der Waals surface area (Å²) >= 11 is 19.6. The minimum absolute atomic E-state index is 0.00710. The number of piperazine rings is 3. The average molecular weight is 1850 g/mol. The molecule has 27 nitrogen and oxygen atoms in total. The number of pyridine rings is 9. The number of carbonyl (C=O) groups is 4. The Morgan fingerprint density at radius 3 is 1.21 bits per heavy atom. The van der Waals surface area contributed by atoms with Gasteiger partial charge in [-0.15, -0.1) is 0 Å². The van der Waals surface area contributed by atoms with Crippen LogP contribution in [0.1, 0.15) is 132 Å². The number of benzene rings is 3. The third-order valence-corrected chi connectivity index (χ3v) is 26.8. The Labute approximate surface area is 775 Å². The van der Waals surface area contributed by atoms with Gasteiger partial charge < -0.3 is 56.2 Å². The Balaban J connectivity index is 0.000000144. The van der Waals surface area contributed by atoms with Gasteiger partial charge in [0.15, 0.2) is 11.3 Å². The van der Waals surface area contributed by atoms with Crippen molar-refractivity contribution in [3.63, 3.8) is 0 Å². The number of halogens is 6. The molecule has 33 heteroatoms. The molecule has 12 aromatic rings. The van der Waals surface area contributed by atoms with E-state index in [0.29, 0.717) is 152 Å². The van der Waals surface area contributed by atoms with E-state index in [1.165, 1.54) is 63.6 Å². The van der Waals surface area contributed by atoms with E-state index in [0.717, 1.165) is 22.4 Å². The molecule has 3 aromatic carbocycles. The van der Waals surface area contributed by atoms with Gasteiger partial charge >= 0.3 is 5.56 Å². The monoisotopic (exact) mass is 1850 g/mol. The lowest BCUT2D eigenvalue weighted by atomic mass is 9.91. The highest BCUT2D eigenvalue weighted by Crippen LogP contribution is 2.48. The molecule has 0 bridgehead atoms. The first-order chi connectivity index (χ1) is 62.9. The van der Waals surface area contributed by atoms with Crippen molar-refractivity contribution in [3.8, 4) is 56.6 Å². The van der Waals surface area contributed by atoms with Crippen molar-refractivity contribution in [2.24, 2.45) is 0 Å². The Bertz CT molecular complexity index is 7060. The normalized spacial score (nSPS) is 18.0. The van der Waals surface area contributed by atoms with Crippen LogP contribution in [0, 0.1) is 38.2 Å². The Kier molecular flexibility index (Phi) is 25.1. The van der Waals surface area contributed by atoms with Crippen LogP contribution in [0.15, 0.2) is 162 Å². The van der Waals surface area contributed by atoms with Gasteiger partial charge in [-0.05, 0) is 198 Å². The van der Waals surface area contributed by atoms with E-state index in [2.05, 4.69) is 44.5 Å². The van der Waals surface area contributed by atoms with E-state index in [1.54, 1.807) is 92.5 Å². The lowest BCUT2D eigenvalue weighted by molar-refractivity contribution is -0.131. The van der Waals surface area contributed by atoms with E-state index >= 15 is 13.2 Å². The van der Waals surface area contributed by atoms with E-state index in [4.69, 9.17) is 71.7 Å². The van der Waals surface area contributed by atoms with Crippen molar-refractivity contribution < 1.29 is 37.1 Å². The minimum Gasteiger partial charge on any atom is -0.486 e. The molecule has 6 atom stereocenters. The van der Waals surface area contributed by atoms with Gasteiger partial charge in [0.2, 0.25) is 23.5 Å². The van der Waals surface area contributed by atoms with Crippen molar-refractivity contribution in [2.45, 2.75) is 156 Å². The van der Waals surface area contributed by atoms with Crippen molar-refractivity contribution in [2.75, 3.05) is 89.7 Å². The molecule has 3 saturated heterocycles. The van der Waals surface area contributed by atoms with E-state index in [1.807, 2.05) is 100 Å². The Morgan fingerprint density at radius 2 is 0.811 bits per heavy atom. The molecule has 0 radical (unpaired) electrons. The highest BCUT2D eigenvalue weighted by molar-refractivity contribution is 6.34. The molecule has 4 amide bonds. The number of anilines is 7. The molecule has 682 valence electrons. The summed E-state index contributed by atoms with van der Waals surface area (Å²) in [5, 5.41) is 2.06. The number of hydrogen-bond donors (Lipinski definition) is 3. The molecule has 9 aromatic heterocycles. The maximum absolute atomic E-state index is 16.3. The summed E-state index contributed by atoms with van der Waals surface area (Å²) in [5.74, 6) is -2.81. The molecule has 6 unspecified atom stereocenters. The second-order valence-corrected chi connectivity index (χ2v) is 36.7. The summed E-state index contributed by atoms with van der Waals surface area (Å²) in [6, 6.07) is 22.3. The van der Waals surface area contributed by atoms with E-state index in [9.17, 15) is 33.6 Å². The quantitative estimate of drug-likeness (QED) is 0.0755. The fourth-order valence-electron chi connectivity index (χ4n) is 19.4. The van der Waals surface area contributed by atoms with E-state index < -0.39 is 34.6 Å². The number of nitrogens with zero attached hydrogens (tertiary/aromatic N) is 16. The zero-order valence-electron chi connectivity index (χ0n) is 75.4. The lowest BCUT2D eigenvalue weighted by Crippen LogP contribution is -2.66. The first kappa shape index (κ1) is 91.8. The van der Waals surface area contributed by atoms with Crippen molar-refractivity contribution in [1.29, 1.82) is 0 Å². The summed E-state index contributed by atoms with van der Waals surface area (Å²) in [6.07, 6.45) is 10.7. The van der Waals surface area contributed by atoms with Crippen LogP contribution in [0.3, 0.4) is 0 Å². The van der Waals surface area contributed by atoms with Crippen molar-refractivity contribution in [1.82, 2.24) is 58.3 Å². The van der Waals surface area contributed by atoms with Gasteiger partial charge in [-0.25, -0.2) is 28.1 Å². The smallest absolute Gasteiger partial charge is 0.301 e. The van der Waals surface area contributed by atoms with Gasteiger partial charge in [-0.1, -0.05) is 96.1 Å². The maximum atomic E-state index is 16.3. The average Bonchev–Trinajstić information content (AvgIpc) is 1.02. The molecule has 0 aliphatic carbocycles.